The summed E-state index contributed by atoms with van der Waals surface area (Å²) in [5, 5.41) is 8.08. The van der Waals surface area contributed by atoms with Crippen LogP contribution in [0.4, 0.5) is 5.69 Å². The number of benzene rings is 1. The summed E-state index contributed by atoms with van der Waals surface area (Å²) in [6.07, 6.45) is 6.43. The second-order valence-electron chi connectivity index (χ2n) is 6.66. The number of fused-ring (bicyclic) bond motifs is 2. The first-order chi connectivity index (χ1) is 13.6. The summed E-state index contributed by atoms with van der Waals surface area (Å²) in [6.45, 7) is 2.46. The Morgan fingerprint density at radius 1 is 1.25 bits per heavy atom. The zero-order valence-electron chi connectivity index (χ0n) is 15.3. The minimum absolute atomic E-state index is 0.264. The molecule has 4 heterocycles. The summed E-state index contributed by atoms with van der Waals surface area (Å²) < 4.78 is 7.11. The van der Waals surface area contributed by atoms with Crippen molar-refractivity contribution in [2.75, 3.05) is 5.32 Å². The van der Waals surface area contributed by atoms with Gasteiger partial charge in [-0.2, -0.15) is 5.10 Å². The quantitative estimate of drug-likeness (QED) is 0.596. The molecule has 0 atom stereocenters. The fraction of sp³-hybridized carbons (Fsp3) is 0.150. The Balaban J connectivity index is 1.46. The Morgan fingerprint density at radius 2 is 2.14 bits per heavy atom. The maximum atomic E-state index is 12.8. The van der Waals surface area contributed by atoms with Gasteiger partial charge in [0, 0.05) is 23.7 Å². The van der Waals surface area contributed by atoms with E-state index >= 15 is 0 Å². The molecule has 28 heavy (non-hydrogen) atoms. The highest BCUT2D eigenvalue weighted by Gasteiger charge is 2.21. The molecule has 0 saturated carbocycles. The molecule has 0 saturated heterocycles. The summed E-state index contributed by atoms with van der Waals surface area (Å²) in [5.41, 5.74) is 5.50. The first kappa shape index (κ1) is 16.4. The number of aliphatic imine (C=N–C) groups is 1. The molecular weight excluding hydrogens is 356 g/mol. The summed E-state index contributed by atoms with van der Waals surface area (Å²) in [6, 6.07) is 5.73. The highest BCUT2D eigenvalue weighted by molar-refractivity contribution is 6.14. The van der Waals surface area contributed by atoms with Gasteiger partial charge in [0.25, 0.3) is 5.91 Å². The molecular formula is C20H16N6O2. The van der Waals surface area contributed by atoms with Gasteiger partial charge in [-0.1, -0.05) is 6.07 Å². The number of hydrogen-bond acceptors (Lipinski definition) is 6. The zero-order chi connectivity index (χ0) is 19.3. The number of pyridine rings is 1. The maximum Gasteiger partial charge on any atom is 0.274 e. The van der Waals surface area contributed by atoms with Gasteiger partial charge in [-0.05, 0) is 30.2 Å². The Hall–Kier alpha value is -3.81. The third kappa shape index (κ3) is 2.50. The molecule has 1 aliphatic rings. The fourth-order valence-corrected chi connectivity index (χ4v) is 3.46. The average Bonchev–Trinajstić information content (AvgIpc) is 3.42. The lowest BCUT2D eigenvalue weighted by Gasteiger charge is -2.10. The molecule has 138 valence electrons. The van der Waals surface area contributed by atoms with E-state index in [1.807, 2.05) is 32.2 Å². The third-order valence-corrected chi connectivity index (χ3v) is 4.97. The van der Waals surface area contributed by atoms with E-state index in [9.17, 15) is 4.79 Å². The summed E-state index contributed by atoms with van der Waals surface area (Å²) in [4.78, 5) is 25.7. The molecule has 0 unspecified atom stereocenters. The largest absolute Gasteiger partial charge is 0.442 e. The number of anilines is 1. The lowest BCUT2D eigenvalue weighted by Crippen LogP contribution is -2.16. The monoisotopic (exact) mass is 372 g/mol. The Kier molecular flexibility index (Phi) is 3.58. The van der Waals surface area contributed by atoms with E-state index in [1.165, 1.54) is 6.39 Å². The molecule has 0 fully saturated rings. The van der Waals surface area contributed by atoms with Crippen LogP contribution < -0.4 is 5.32 Å². The molecule has 0 radical (unpaired) electrons. The van der Waals surface area contributed by atoms with E-state index in [0.29, 0.717) is 23.7 Å². The second-order valence-corrected chi connectivity index (χ2v) is 6.66. The van der Waals surface area contributed by atoms with Gasteiger partial charge in [-0.3, -0.25) is 14.5 Å². The Bertz CT molecular complexity index is 1250. The van der Waals surface area contributed by atoms with E-state index in [0.717, 1.165) is 33.3 Å². The summed E-state index contributed by atoms with van der Waals surface area (Å²) in [5.74, 6) is 0.348. The van der Waals surface area contributed by atoms with Gasteiger partial charge >= 0.3 is 0 Å². The van der Waals surface area contributed by atoms with Crippen LogP contribution in [-0.2, 0) is 13.6 Å². The number of nitrogens with one attached hydrogen (secondary N) is 1. The minimum Gasteiger partial charge on any atom is -0.442 e. The molecule has 1 aliphatic heterocycles. The van der Waals surface area contributed by atoms with Crippen LogP contribution in [0, 0.1) is 6.92 Å². The third-order valence-electron chi connectivity index (χ3n) is 4.97. The SMILES string of the molecule is Cc1c(C(=O)Nc2ccc3c(c2)C(c2cnco2)=NC3)ncc2c1cnn2C. The number of amides is 1. The van der Waals surface area contributed by atoms with Crippen molar-refractivity contribution in [3.8, 4) is 0 Å². The Labute approximate surface area is 159 Å². The van der Waals surface area contributed by atoms with Crippen molar-refractivity contribution in [2.24, 2.45) is 12.0 Å². The average molecular weight is 372 g/mol. The van der Waals surface area contributed by atoms with Gasteiger partial charge in [0.15, 0.2) is 12.2 Å². The highest BCUT2D eigenvalue weighted by atomic mass is 16.3. The number of aryl methyl sites for hydroxylation is 2. The van der Waals surface area contributed by atoms with Gasteiger partial charge in [-0.15, -0.1) is 0 Å². The van der Waals surface area contributed by atoms with Crippen molar-refractivity contribution in [3.05, 3.63) is 71.3 Å². The molecule has 0 aliphatic carbocycles. The van der Waals surface area contributed by atoms with E-state index in [4.69, 9.17) is 4.42 Å². The van der Waals surface area contributed by atoms with Gasteiger partial charge in [0.05, 0.1) is 30.7 Å². The molecule has 1 N–H and O–H groups in total. The fourth-order valence-electron chi connectivity index (χ4n) is 3.46. The highest BCUT2D eigenvalue weighted by Crippen LogP contribution is 2.27. The standard InChI is InChI=1S/C20H16N6O2/c1-11-15-7-24-26(2)16(15)8-23-18(11)20(27)25-13-4-3-12-6-22-19(14(12)5-13)17-9-21-10-28-17/h3-5,7-10H,6H2,1-2H3,(H,25,27). The second kappa shape index (κ2) is 6.12. The molecule has 8 nitrogen and oxygen atoms in total. The number of oxazole rings is 1. The van der Waals surface area contributed by atoms with E-state index in [2.05, 4.69) is 25.4 Å². The van der Waals surface area contributed by atoms with Crippen LogP contribution >= 0.6 is 0 Å². The van der Waals surface area contributed by atoms with Crippen LogP contribution in [0.25, 0.3) is 10.9 Å². The molecule has 1 aromatic carbocycles. The first-order valence-electron chi connectivity index (χ1n) is 8.77. The smallest absolute Gasteiger partial charge is 0.274 e. The lowest BCUT2D eigenvalue weighted by atomic mass is 10.0. The van der Waals surface area contributed by atoms with Crippen molar-refractivity contribution in [1.29, 1.82) is 0 Å². The van der Waals surface area contributed by atoms with Crippen molar-refractivity contribution in [1.82, 2.24) is 19.7 Å². The van der Waals surface area contributed by atoms with Crippen molar-refractivity contribution in [3.63, 3.8) is 0 Å². The predicted octanol–water partition coefficient (Wildman–Crippen LogP) is 2.87. The van der Waals surface area contributed by atoms with Crippen LogP contribution in [-0.4, -0.2) is 31.4 Å². The van der Waals surface area contributed by atoms with Crippen LogP contribution in [0.15, 0.2) is 52.6 Å². The van der Waals surface area contributed by atoms with E-state index < -0.39 is 0 Å². The molecule has 3 aromatic heterocycles. The number of rotatable bonds is 3. The first-order valence-corrected chi connectivity index (χ1v) is 8.77. The predicted molar refractivity (Wildman–Crippen MR) is 103 cm³/mol. The van der Waals surface area contributed by atoms with Gasteiger partial charge in [-0.25, -0.2) is 9.97 Å². The topological polar surface area (TPSA) is 98.2 Å². The van der Waals surface area contributed by atoms with Crippen LogP contribution in [0.3, 0.4) is 0 Å². The summed E-state index contributed by atoms with van der Waals surface area (Å²) >= 11 is 0. The lowest BCUT2D eigenvalue weighted by molar-refractivity contribution is 0.102. The molecule has 4 aromatic rings. The number of carbonyl (C=O) groups excluding carboxylic acids is 1. The molecule has 0 spiro atoms. The molecule has 1 amide bonds. The number of nitrogens with zero attached hydrogens (tertiary/aromatic N) is 5. The van der Waals surface area contributed by atoms with E-state index in [-0.39, 0.29) is 5.91 Å². The zero-order valence-corrected chi connectivity index (χ0v) is 15.3. The molecule has 0 bridgehead atoms. The number of carbonyl (C=O) groups is 1. The Morgan fingerprint density at radius 3 is 2.96 bits per heavy atom. The van der Waals surface area contributed by atoms with Crippen LogP contribution in [0.5, 0.6) is 0 Å². The van der Waals surface area contributed by atoms with Gasteiger partial charge in [0.2, 0.25) is 0 Å². The van der Waals surface area contributed by atoms with Crippen molar-refractivity contribution < 1.29 is 9.21 Å². The van der Waals surface area contributed by atoms with Crippen molar-refractivity contribution in [2.45, 2.75) is 13.5 Å². The number of hydrogen-bond donors (Lipinski definition) is 1. The van der Waals surface area contributed by atoms with Gasteiger partial charge in [0.1, 0.15) is 11.4 Å². The van der Waals surface area contributed by atoms with E-state index in [1.54, 1.807) is 23.3 Å². The minimum atomic E-state index is -0.264. The van der Waals surface area contributed by atoms with Crippen LogP contribution in [0.2, 0.25) is 0 Å². The summed E-state index contributed by atoms with van der Waals surface area (Å²) in [7, 11) is 1.85. The van der Waals surface area contributed by atoms with Crippen molar-refractivity contribution >= 4 is 28.2 Å². The molecule has 8 heteroatoms. The maximum absolute atomic E-state index is 12.8. The normalized spacial score (nSPS) is 12.9. The van der Waals surface area contributed by atoms with Crippen LogP contribution in [0.1, 0.15) is 32.9 Å². The number of aromatic nitrogens is 4. The molecule has 5 rings (SSSR count). The van der Waals surface area contributed by atoms with Gasteiger partial charge < -0.3 is 9.73 Å².